The summed E-state index contributed by atoms with van der Waals surface area (Å²) in [6, 6.07) is 0. The van der Waals surface area contributed by atoms with Crippen LogP contribution in [0.5, 0.6) is 0 Å². The summed E-state index contributed by atoms with van der Waals surface area (Å²) < 4.78 is 21.3. The number of rotatable bonds is 16. The van der Waals surface area contributed by atoms with E-state index in [1.165, 1.54) is 12.2 Å². The smallest absolute Gasteiger partial charge is 0.146 e. The first kappa shape index (κ1) is 24.2. The van der Waals surface area contributed by atoms with Crippen LogP contribution in [0, 0.1) is 17.8 Å². The minimum absolute atomic E-state index is 0.00615. The molecule has 0 heterocycles. The summed E-state index contributed by atoms with van der Waals surface area (Å²) in [5.74, 6) is -0.110. The van der Waals surface area contributed by atoms with Gasteiger partial charge in [-0.05, 0) is 24.7 Å². The Balaban J connectivity index is 5.18. The first-order chi connectivity index (χ1) is 11.9. The molecule has 6 heteroatoms. The van der Waals surface area contributed by atoms with Gasteiger partial charge < -0.3 is 29.2 Å². The van der Waals surface area contributed by atoms with Gasteiger partial charge in [0.05, 0.1) is 18.3 Å². The van der Waals surface area contributed by atoms with Crippen molar-refractivity contribution in [3.05, 3.63) is 25.3 Å². The van der Waals surface area contributed by atoms with Crippen molar-refractivity contribution in [3.63, 3.8) is 0 Å². The van der Waals surface area contributed by atoms with E-state index in [1.807, 2.05) is 13.8 Å². The van der Waals surface area contributed by atoms with Gasteiger partial charge in [0.25, 0.3) is 0 Å². The summed E-state index contributed by atoms with van der Waals surface area (Å²) in [5, 5.41) is 20.2. The molecular weight excluding hydrogens is 324 g/mol. The molecule has 0 rings (SSSR count). The van der Waals surface area contributed by atoms with Gasteiger partial charge in [0, 0.05) is 26.7 Å². The average molecular weight is 360 g/mol. The van der Waals surface area contributed by atoms with E-state index in [0.29, 0.717) is 19.4 Å². The maximum absolute atomic E-state index is 10.2. The van der Waals surface area contributed by atoms with Crippen molar-refractivity contribution in [3.8, 4) is 0 Å². The van der Waals surface area contributed by atoms with E-state index in [0.717, 1.165) is 0 Å². The van der Waals surface area contributed by atoms with Gasteiger partial charge in [0.2, 0.25) is 0 Å². The summed E-state index contributed by atoms with van der Waals surface area (Å²) in [6.45, 7) is 12.1. The fraction of sp³-hybridized carbons (Fsp3) is 0.789. The van der Waals surface area contributed by atoms with Crippen LogP contribution < -0.4 is 0 Å². The number of aliphatic hydroxyl groups excluding tert-OH is 2. The fourth-order valence-corrected chi connectivity index (χ4v) is 2.92. The molecule has 148 valence electrons. The van der Waals surface area contributed by atoms with Gasteiger partial charge in [-0.15, -0.1) is 13.2 Å². The van der Waals surface area contributed by atoms with E-state index in [4.69, 9.17) is 18.9 Å². The van der Waals surface area contributed by atoms with Crippen molar-refractivity contribution in [2.45, 2.75) is 45.0 Å². The Kier molecular flexibility index (Phi) is 14.0. The molecule has 2 N–H and O–H groups in total. The van der Waals surface area contributed by atoms with Crippen LogP contribution in [0.25, 0.3) is 0 Å². The SMILES string of the molecule is C=CC(O)[C@H](C)C[C@H](CCOCOC)[C@H](OCOC)[C@@H](C)C(O)C=C. The van der Waals surface area contributed by atoms with E-state index >= 15 is 0 Å². The van der Waals surface area contributed by atoms with Gasteiger partial charge >= 0.3 is 0 Å². The van der Waals surface area contributed by atoms with Gasteiger partial charge in [-0.3, -0.25) is 0 Å². The van der Waals surface area contributed by atoms with Crippen LogP contribution in [-0.2, 0) is 18.9 Å². The van der Waals surface area contributed by atoms with Crippen LogP contribution in [-0.4, -0.2) is 62.9 Å². The summed E-state index contributed by atoms with van der Waals surface area (Å²) in [6.07, 6.45) is 2.91. The first-order valence-corrected chi connectivity index (χ1v) is 8.71. The highest BCUT2D eigenvalue weighted by Gasteiger charge is 2.32. The standard InChI is InChI=1S/C19H36O6/c1-7-17(20)14(3)11-16(9-10-24-12-22-5)19(25-13-23-6)15(4)18(21)8-2/h7-8,14-21H,1-2,9-13H2,3-6H3/t14-,15+,16+,17?,18?,19-/m1/s1. The Bertz CT molecular complexity index is 349. The lowest BCUT2D eigenvalue weighted by Crippen LogP contribution is -2.39. The number of ether oxygens (including phenoxy) is 4. The molecule has 0 aliphatic rings. The second-order valence-corrected chi connectivity index (χ2v) is 6.43. The van der Waals surface area contributed by atoms with Crippen molar-refractivity contribution >= 4 is 0 Å². The molecule has 0 spiro atoms. The number of aliphatic hydroxyl groups is 2. The molecule has 6 nitrogen and oxygen atoms in total. The van der Waals surface area contributed by atoms with E-state index in [2.05, 4.69) is 13.2 Å². The van der Waals surface area contributed by atoms with Gasteiger partial charge in [-0.25, -0.2) is 0 Å². The molecule has 0 saturated carbocycles. The van der Waals surface area contributed by atoms with Gasteiger partial charge in [0.1, 0.15) is 13.6 Å². The van der Waals surface area contributed by atoms with Gasteiger partial charge in [-0.1, -0.05) is 26.0 Å². The molecule has 0 aromatic heterocycles. The minimum atomic E-state index is -0.691. The Morgan fingerprint density at radius 1 is 0.960 bits per heavy atom. The summed E-state index contributed by atoms with van der Waals surface area (Å²) >= 11 is 0. The van der Waals surface area contributed by atoms with Crippen molar-refractivity contribution in [2.24, 2.45) is 17.8 Å². The quantitative estimate of drug-likeness (QED) is 0.250. The van der Waals surface area contributed by atoms with Crippen LogP contribution in [0.4, 0.5) is 0 Å². The lowest BCUT2D eigenvalue weighted by Gasteiger charge is -2.35. The van der Waals surface area contributed by atoms with Gasteiger partial charge in [0.15, 0.2) is 0 Å². The molecule has 0 aliphatic carbocycles. The Hall–Kier alpha value is -0.760. The van der Waals surface area contributed by atoms with E-state index in [1.54, 1.807) is 14.2 Å². The molecule has 0 bridgehead atoms. The zero-order valence-corrected chi connectivity index (χ0v) is 16.1. The highest BCUT2D eigenvalue weighted by atomic mass is 16.7. The molecule has 0 aromatic carbocycles. The zero-order chi connectivity index (χ0) is 19.2. The molecule has 25 heavy (non-hydrogen) atoms. The topological polar surface area (TPSA) is 77.4 Å². The molecule has 0 saturated heterocycles. The Labute approximate surface area is 152 Å². The van der Waals surface area contributed by atoms with Crippen molar-refractivity contribution in [1.29, 1.82) is 0 Å². The number of hydrogen-bond donors (Lipinski definition) is 2. The monoisotopic (exact) mass is 360 g/mol. The van der Waals surface area contributed by atoms with Crippen LogP contribution in [0.1, 0.15) is 26.7 Å². The fourth-order valence-electron chi connectivity index (χ4n) is 2.92. The third-order valence-corrected chi connectivity index (χ3v) is 4.47. The molecule has 0 aromatic rings. The zero-order valence-electron chi connectivity index (χ0n) is 16.1. The Morgan fingerprint density at radius 3 is 2.08 bits per heavy atom. The third-order valence-electron chi connectivity index (χ3n) is 4.47. The van der Waals surface area contributed by atoms with Crippen LogP contribution in [0.2, 0.25) is 0 Å². The molecule has 6 atom stereocenters. The highest BCUT2D eigenvalue weighted by molar-refractivity contribution is 4.91. The summed E-state index contributed by atoms with van der Waals surface area (Å²) in [4.78, 5) is 0. The summed E-state index contributed by atoms with van der Waals surface area (Å²) in [5.41, 5.74) is 0. The van der Waals surface area contributed by atoms with Crippen LogP contribution >= 0.6 is 0 Å². The number of methoxy groups -OCH3 is 2. The molecule has 2 unspecified atom stereocenters. The Morgan fingerprint density at radius 2 is 1.56 bits per heavy atom. The lowest BCUT2D eigenvalue weighted by atomic mass is 9.80. The molecule has 0 fully saturated rings. The number of hydrogen-bond acceptors (Lipinski definition) is 6. The maximum Gasteiger partial charge on any atom is 0.146 e. The molecule has 0 amide bonds. The van der Waals surface area contributed by atoms with Crippen molar-refractivity contribution in [1.82, 2.24) is 0 Å². The second kappa shape index (κ2) is 14.4. The second-order valence-electron chi connectivity index (χ2n) is 6.43. The largest absolute Gasteiger partial charge is 0.389 e. The van der Waals surface area contributed by atoms with Crippen LogP contribution in [0.3, 0.4) is 0 Å². The maximum atomic E-state index is 10.2. The van der Waals surface area contributed by atoms with E-state index in [9.17, 15) is 10.2 Å². The lowest BCUT2D eigenvalue weighted by molar-refractivity contribution is -0.131. The van der Waals surface area contributed by atoms with Gasteiger partial charge in [-0.2, -0.15) is 0 Å². The summed E-state index contributed by atoms with van der Waals surface area (Å²) in [7, 11) is 3.14. The molecular formula is C19H36O6. The van der Waals surface area contributed by atoms with Crippen molar-refractivity contribution in [2.75, 3.05) is 34.4 Å². The van der Waals surface area contributed by atoms with Crippen molar-refractivity contribution < 1.29 is 29.2 Å². The third kappa shape index (κ3) is 9.49. The normalized spacial score (nSPS) is 18.8. The first-order valence-electron chi connectivity index (χ1n) is 8.71. The molecule has 0 radical (unpaired) electrons. The average Bonchev–Trinajstić information content (AvgIpc) is 2.63. The predicted molar refractivity (Wildman–Crippen MR) is 98.0 cm³/mol. The van der Waals surface area contributed by atoms with Crippen LogP contribution in [0.15, 0.2) is 25.3 Å². The minimum Gasteiger partial charge on any atom is -0.389 e. The predicted octanol–water partition coefficient (Wildman–Crippen LogP) is 2.36. The van der Waals surface area contributed by atoms with E-state index < -0.39 is 12.2 Å². The highest BCUT2D eigenvalue weighted by Crippen LogP contribution is 2.30. The molecule has 0 aliphatic heterocycles. The van der Waals surface area contributed by atoms with E-state index in [-0.39, 0.29) is 37.4 Å².